The number of carbonyl (C=O) groups excluding carboxylic acids is 1. The first kappa shape index (κ1) is 22.0. The Morgan fingerprint density at radius 1 is 1.48 bits per heavy atom. The summed E-state index contributed by atoms with van der Waals surface area (Å²) >= 11 is 3.61. The Bertz CT molecular complexity index is 600. The minimum Gasteiger partial charge on any atom is -0.469 e. The molecule has 0 bridgehead atoms. The summed E-state index contributed by atoms with van der Waals surface area (Å²) < 4.78 is 5.85. The molecule has 2 N–H and O–H groups in total. The molecule has 0 aliphatic carbocycles. The van der Waals surface area contributed by atoms with Crippen LogP contribution < -0.4 is 15.5 Å². The number of hydrogen-bond acceptors (Lipinski definition) is 4. The van der Waals surface area contributed by atoms with E-state index in [-0.39, 0.29) is 35.9 Å². The summed E-state index contributed by atoms with van der Waals surface area (Å²) in [6, 6.07) is 8.57. The van der Waals surface area contributed by atoms with E-state index in [0.29, 0.717) is 18.5 Å². The van der Waals surface area contributed by atoms with Gasteiger partial charge in [-0.1, -0.05) is 19.1 Å². The van der Waals surface area contributed by atoms with Crippen LogP contribution in [0.25, 0.3) is 0 Å². The standard InChI is InChI=1S/C17H25BrN4O2.HI/c1-12(16(23)24-3)10-20-17(19-2)21-13-8-9-22(11-13)15-7-5-4-6-14(15)18;/h4-7,12-13H,8-11H2,1-3H3,(H2,19,20,21);1H. The number of aliphatic imine (C=N–C) groups is 1. The lowest BCUT2D eigenvalue weighted by molar-refractivity contribution is -0.144. The molecule has 0 spiro atoms. The summed E-state index contributed by atoms with van der Waals surface area (Å²) in [5.41, 5.74) is 1.21. The van der Waals surface area contributed by atoms with Crippen molar-refractivity contribution in [3.8, 4) is 0 Å². The Morgan fingerprint density at radius 3 is 2.84 bits per heavy atom. The fourth-order valence-electron chi connectivity index (χ4n) is 2.73. The predicted octanol–water partition coefficient (Wildman–Crippen LogP) is 2.62. The summed E-state index contributed by atoms with van der Waals surface area (Å²) in [7, 11) is 3.14. The molecular weight excluding hydrogens is 499 g/mol. The van der Waals surface area contributed by atoms with Crippen molar-refractivity contribution in [1.82, 2.24) is 10.6 Å². The van der Waals surface area contributed by atoms with Gasteiger partial charge in [-0.05, 0) is 34.5 Å². The van der Waals surface area contributed by atoms with E-state index in [0.717, 1.165) is 24.0 Å². The van der Waals surface area contributed by atoms with E-state index in [4.69, 9.17) is 4.74 Å². The molecule has 1 fully saturated rings. The maximum atomic E-state index is 11.5. The number of nitrogens with one attached hydrogen (secondary N) is 2. The first-order valence-electron chi connectivity index (χ1n) is 8.09. The van der Waals surface area contributed by atoms with Gasteiger partial charge in [0.05, 0.1) is 18.7 Å². The van der Waals surface area contributed by atoms with Gasteiger partial charge in [-0.3, -0.25) is 9.79 Å². The molecule has 0 amide bonds. The van der Waals surface area contributed by atoms with Crippen molar-refractivity contribution < 1.29 is 9.53 Å². The third-order valence-corrected chi connectivity index (χ3v) is 4.80. The number of methoxy groups -OCH3 is 1. The number of para-hydroxylation sites is 1. The Balaban J connectivity index is 0.00000312. The van der Waals surface area contributed by atoms with Gasteiger partial charge in [-0.25, -0.2) is 0 Å². The lowest BCUT2D eigenvalue weighted by atomic mass is 10.2. The van der Waals surface area contributed by atoms with Crippen molar-refractivity contribution in [2.45, 2.75) is 19.4 Å². The maximum Gasteiger partial charge on any atom is 0.310 e. The van der Waals surface area contributed by atoms with Crippen LogP contribution in [-0.2, 0) is 9.53 Å². The van der Waals surface area contributed by atoms with Crippen LogP contribution in [0.2, 0.25) is 0 Å². The van der Waals surface area contributed by atoms with Crippen molar-refractivity contribution in [2.24, 2.45) is 10.9 Å². The molecule has 2 rings (SSSR count). The summed E-state index contributed by atoms with van der Waals surface area (Å²) in [5, 5.41) is 6.61. The van der Waals surface area contributed by atoms with Gasteiger partial charge < -0.3 is 20.3 Å². The highest BCUT2D eigenvalue weighted by Gasteiger charge is 2.24. The first-order chi connectivity index (χ1) is 11.5. The third kappa shape index (κ3) is 6.32. The van der Waals surface area contributed by atoms with Crippen LogP contribution in [0, 0.1) is 5.92 Å². The molecule has 2 unspecified atom stereocenters. The van der Waals surface area contributed by atoms with Crippen LogP contribution in [0.4, 0.5) is 5.69 Å². The molecule has 1 aromatic rings. The van der Waals surface area contributed by atoms with Gasteiger partial charge in [0.25, 0.3) is 0 Å². The van der Waals surface area contributed by atoms with Gasteiger partial charge >= 0.3 is 5.97 Å². The Labute approximate surface area is 174 Å². The molecule has 2 atom stereocenters. The van der Waals surface area contributed by atoms with Crippen molar-refractivity contribution in [3.63, 3.8) is 0 Å². The van der Waals surface area contributed by atoms with E-state index in [1.165, 1.54) is 12.8 Å². The molecular formula is C17H26BrIN4O2. The van der Waals surface area contributed by atoms with Gasteiger partial charge in [0, 0.05) is 37.2 Å². The highest BCUT2D eigenvalue weighted by atomic mass is 127. The van der Waals surface area contributed by atoms with Crippen LogP contribution in [0.5, 0.6) is 0 Å². The predicted molar refractivity (Wildman–Crippen MR) is 116 cm³/mol. The lowest BCUT2D eigenvalue weighted by Gasteiger charge is -2.21. The molecule has 25 heavy (non-hydrogen) atoms. The number of halogens is 2. The Hall–Kier alpha value is -1.03. The Kier molecular flexibility index (Phi) is 9.55. The minimum absolute atomic E-state index is 0. The molecule has 8 heteroatoms. The SMILES string of the molecule is CN=C(NCC(C)C(=O)OC)NC1CCN(c2ccccc2Br)C1.I. The van der Waals surface area contributed by atoms with Crippen LogP contribution >= 0.6 is 39.9 Å². The summed E-state index contributed by atoms with van der Waals surface area (Å²) in [6.45, 7) is 4.23. The summed E-state index contributed by atoms with van der Waals surface area (Å²) in [5.74, 6) is 0.276. The van der Waals surface area contributed by atoms with Gasteiger partial charge in [0.2, 0.25) is 0 Å². The number of nitrogens with zero attached hydrogens (tertiary/aromatic N) is 2. The number of ether oxygens (including phenoxy) is 1. The van der Waals surface area contributed by atoms with Gasteiger partial charge in [-0.15, -0.1) is 24.0 Å². The molecule has 140 valence electrons. The molecule has 1 saturated heterocycles. The van der Waals surface area contributed by atoms with Crippen molar-refractivity contribution in [3.05, 3.63) is 28.7 Å². The van der Waals surface area contributed by atoms with E-state index in [9.17, 15) is 4.79 Å². The number of rotatable bonds is 5. The number of carbonyl (C=O) groups is 1. The zero-order valence-electron chi connectivity index (χ0n) is 14.8. The van der Waals surface area contributed by atoms with Crippen molar-refractivity contribution in [2.75, 3.05) is 38.7 Å². The largest absolute Gasteiger partial charge is 0.469 e. The zero-order valence-corrected chi connectivity index (χ0v) is 18.7. The molecule has 0 radical (unpaired) electrons. The topological polar surface area (TPSA) is 66.0 Å². The van der Waals surface area contributed by atoms with E-state index >= 15 is 0 Å². The fraction of sp³-hybridized carbons (Fsp3) is 0.529. The van der Waals surface area contributed by atoms with Crippen LogP contribution in [0.3, 0.4) is 0 Å². The molecule has 6 nitrogen and oxygen atoms in total. The van der Waals surface area contributed by atoms with Crippen molar-refractivity contribution >= 4 is 57.5 Å². The Morgan fingerprint density at radius 2 is 2.20 bits per heavy atom. The fourth-order valence-corrected chi connectivity index (χ4v) is 3.26. The highest BCUT2D eigenvalue weighted by Crippen LogP contribution is 2.28. The number of guanidine groups is 1. The monoisotopic (exact) mass is 524 g/mol. The number of anilines is 1. The molecule has 1 heterocycles. The number of benzene rings is 1. The molecule has 1 aliphatic rings. The van der Waals surface area contributed by atoms with Gasteiger partial charge in [-0.2, -0.15) is 0 Å². The second-order valence-corrected chi connectivity index (χ2v) is 6.76. The van der Waals surface area contributed by atoms with Gasteiger partial charge in [0.15, 0.2) is 5.96 Å². The van der Waals surface area contributed by atoms with E-state index in [1.54, 1.807) is 7.05 Å². The average molecular weight is 525 g/mol. The van der Waals surface area contributed by atoms with Crippen LogP contribution in [0.1, 0.15) is 13.3 Å². The second kappa shape index (κ2) is 10.8. The number of esters is 1. The summed E-state index contributed by atoms with van der Waals surface area (Å²) in [6.07, 6.45) is 1.04. The quantitative estimate of drug-likeness (QED) is 0.268. The van der Waals surface area contributed by atoms with E-state index in [2.05, 4.69) is 54.7 Å². The lowest BCUT2D eigenvalue weighted by Crippen LogP contribution is -2.46. The van der Waals surface area contributed by atoms with Crippen LogP contribution in [0.15, 0.2) is 33.7 Å². The summed E-state index contributed by atoms with van der Waals surface area (Å²) in [4.78, 5) is 18.0. The van der Waals surface area contributed by atoms with Crippen molar-refractivity contribution in [1.29, 1.82) is 0 Å². The minimum atomic E-state index is -0.223. The van der Waals surface area contributed by atoms with E-state index < -0.39 is 0 Å². The number of hydrogen-bond donors (Lipinski definition) is 2. The molecule has 0 saturated carbocycles. The molecule has 0 aromatic heterocycles. The normalized spacial score (nSPS) is 18.3. The maximum absolute atomic E-state index is 11.5. The smallest absolute Gasteiger partial charge is 0.310 e. The molecule has 1 aromatic carbocycles. The van der Waals surface area contributed by atoms with Gasteiger partial charge in [0.1, 0.15) is 0 Å². The third-order valence-electron chi connectivity index (χ3n) is 4.13. The zero-order chi connectivity index (χ0) is 17.5. The average Bonchev–Trinajstić information content (AvgIpc) is 3.06. The van der Waals surface area contributed by atoms with E-state index in [1.807, 2.05) is 13.0 Å². The molecule has 1 aliphatic heterocycles. The second-order valence-electron chi connectivity index (χ2n) is 5.90. The highest BCUT2D eigenvalue weighted by molar-refractivity contribution is 14.0. The van der Waals surface area contributed by atoms with Crippen LogP contribution in [-0.4, -0.2) is 51.8 Å². The first-order valence-corrected chi connectivity index (χ1v) is 8.89.